The van der Waals surface area contributed by atoms with Gasteiger partial charge in [-0.05, 0) is 55.3 Å². The number of nitrogens with one attached hydrogen (secondary N) is 1. The van der Waals surface area contributed by atoms with Crippen molar-refractivity contribution >= 4 is 17.4 Å². The SMILES string of the molecule is COc1c(C(F)(F)F)ccc2c1CCN2C(=O)Nc1ccc2c(c1)CN(C)CC2. The van der Waals surface area contributed by atoms with E-state index in [1.54, 1.807) is 0 Å². The number of fused-ring (bicyclic) bond motifs is 2. The van der Waals surface area contributed by atoms with Gasteiger partial charge < -0.3 is 15.0 Å². The number of methoxy groups -OCH3 is 1. The van der Waals surface area contributed by atoms with Gasteiger partial charge in [0.15, 0.2) is 0 Å². The summed E-state index contributed by atoms with van der Waals surface area (Å²) >= 11 is 0. The summed E-state index contributed by atoms with van der Waals surface area (Å²) in [7, 11) is 3.27. The van der Waals surface area contributed by atoms with Crippen molar-refractivity contribution < 1.29 is 22.7 Å². The van der Waals surface area contributed by atoms with Gasteiger partial charge >= 0.3 is 12.2 Å². The van der Waals surface area contributed by atoms with Crippen molar-refractivity contribution in [2.24, 2.45) is 0 Å². The molecule has 0 radical (unpaired) electrons. The van der Waals surface area contributed by atoms with E-state index in [1.165, 1.54) is 29.2 Å². The van der Waals surface area contributed by atoms with Gasteiger partial charge in [-0.3, -0.25) is 4.90 Å². The molecule has 29 heavy (non-hydrogen) atoms. The van der Waals surface area contributed by atoms with E-state index in [1.807, 2.05) is 18.2 Å². The maximum atomic E-state index is 13.2. The molecule has 0 atom stereocenters. The molecule has 2 aliphatic rings. The Morgan fingerprint density at radius 1 is 1.10 bits per heavy atom. The van der Waals surface area contributed by atoms with Gasteiger partial charge in [-0.1, -0.05) is 6.07 Å². The van der Waals surface area contributed by atoms with Crippen LogP contribution in [0.15, 0.2) is 30.3 Å². The summed E-state index contributed by atoms with van der Waals surface area (Å²) in [6.45, 7) is 2.13. The van der Waals surface area contributed by atoms with Gasteiger partial charge in [0.25, 0.3) is 0 Å². The Bertz CT molecular complexity index is 959. The van der Waals surface area contributed by atoms with E-state index in [4.69, 9.17) is 4.74 Å². The third kappa shape index (κ3) is 3.64. The Hall–Kier alpha value is -2.74. The lowest BCUT2D eigenvalue weighted by molar-refractivity contribution is -0.138. The van der Waals surface area contributed by atoms with Crippen LogP contribution in [-0.2, 0) is 25.6 Å². The van der Waals surface area contributed by atoms with E-state index < -0.39 is 11.7 Å². The van der Waals surface area contributed by atoms with Crippen LogP contribution >= 0.6 is 0 Å². The molecule has 2 heterocycles. The number of carbonyl (C=O) groups excluding carboxylic acids is 1. The average molecular weight is 405 g/mol. The third-order valence-corrected chi connectivity index (χ3v) is 5.53. The van der Waals surface area contributed by atoms with Crippen LogP contribution in [0.2, 0.25) is 0 Å². The van der Waals surface area contributed by atoms with Crippen molar-refractivity contribution in [1.82, 2.24) is 4.90 Å². The minimum absolute atomic E-state index is 0.206. The molecule has 154 valence electrons. The maximum Gasteiger partial charge on any atom is 0.419 e. The number of carbonyl (C=O) groups is 1. The van der Waals surface area contributed by atoms with Crippen molar-refractivity contribution in [3.05, 3.63) is 52.6 Å². The fraction of sp³-hybridized carbons (Fsp3) is 0.381. The lowest BCUT2D eigenvalue weighted by atomic mass is 9.99. The van der Waals surface area contributed by atoms with E-state index in [0.29, 0.717) is 29.9 Å². The fourth-order valence-corrected chi connectivity index (χ4v) is 4.09. The number of alkyl halides is 3. The lowest BCUT2D eigenvalue weighted by Crippen LogP contribution is -2.33. The van der Waals surface area contributed by atoms with Gasteiger partial charge in [0.05, 0.1) is 18.4 Å². The number of hydrogen-bond donors (Lipinski definition) is 1. The molecule has 8 heteroatoms. The summed E-state index contributed by atoms with van der Waals surface area (Å²) in [6, 6.07) is 7.80. The van der Waals surface area contributed by atoms with Crippen LogP contribution in [0.5, 0.6) is 5.75 Å². The number of halogens is 3. The second kappa shape index (κ2) is 7.26. The molecule has 0 unspecified atom stereocenters. The highest BCUT2D eigenvalue weighted by Crippen LogP contribution is 2.44. The van der Waals surface area contributed by atoms with Gasteiger partial charge in [0, 0.05) is 30.9 Å². The van der Waals surface area contributed by atoms with E-state index in [2.05, 4.69) is 17.3 Å². The normalized spacial score (nSPS) is 16.4. The summed E-state index contributed by atoms with van der Waals surface area (Å²) in [5.41, 5.74) is 3.16. The Morgan fingerprint density at radius 2 is 1.90 bits per heavy atom. The first kappa shape index (κ1) is 19.6. The first-order valence-electron chi connectivity index (χ1n) is 9.44. The number of likely N-dealkylation sites (N-methyl/N-ethyl adjacent to an activating group) is 1. The molecule has 0 spiro atoms. The molecule has 0 bridgehead atoms. The van der Waals surface area contributed by atoms with E-state index in [9.17, 15) is 18.0 Å². The Morgan fingerprint density at radius 3 is 2.62 bits per heavy atom. The standard InChI is InChI=1S/C21H22F3N3O2/c1-26-9-7-13-3-4-15(11-14(13)12-26)25-20(28)27-10-8-16-18(27)6-5-17(19(16)29-2)21(22,23)24/h3-6,11H,7-10,12H2,1-2H3,(H,25,28). The molecule has 2 aromatic carbocycles. The topological polar surface area (TPSA) is 44.8 Å². The molecule has 0 saturated carbocycles. The predicted octanol–water partition coefficient (Wildman–Crippen LogP) is 4.30. The number of amides is 2. The fourth-order valence-electron chi connectivity index (χ4n) is 4.09. The molecule has 1 N–H and O–H groups in total. The van der Waals surface area contributed by atoms with Gasteiger partial charge in [0.2, 0.25) is 0 Å². The minimum Gasteiger partial charge on any atom is -0.496 e. The minimum atomic E-state index is -4.51. The summed E-state index contributed by atoms with van der Waals surface area (Å²) in [6.07, 6.45) is -3.22. The van der Waals surface area contributed by atoms with Crippen molar-refractivity contribution in [1.29, 1.82) is 0 Å². The number of urea groups is 1. The van der Waals surface area contributed by atoms with Gasteiger partial charge in [-0.2, -0.15) is 13.2 Å². The maximum absolute atomic E-state index is 13.2. The number of hydrogen-bond acceptors (Lipinski definition) is 3. The third-order valence-electron chi connectivity index (χ3n) is 5.53. The molecule has 0 aliphatic carbocycles. The van der Waals surface area contributed by atoms with Crippen LogP contribution in [0, 0.1) is 0 Å². The van der Waals surface area contributed by atoms with Crippen LogP contribution in [0.25, 0.3) is 0 Å². The first-order chi connectivity index (χ1) is 13.8. The zero-order valence-electron chi connectivity index (χ0n) is 16.3. The summed E-state index contributed by atoms with van der Waals surface area (Å²) in [5.74, 6) is -0.206. The zero-order valence-corrected chi connectivity index (χ0v) is 16.3. The molecule has 4 rings (SSSR count). The molecule has 2 aromatic rings. The highest BCUT2D eigenvalue weighted by molar-refractivity contribution is 6.03. The number of benzene rings is 2. The van der Waals surface area contributed by atoms with Gasteiger partial charge in [-0.15, -0.1) is 0 Å². The van der Waals surface area contributed by atoms with Crippen LogP contribution in [-0.4, -0.2) is 38.2 Å². The molecule has 2 aliphatic heterocycles. The van der Waals surface area contributed by atoms with Gasteiger partial charge in [-0.25, -0.2) is 4.79 Å². The average Bonchev–Trinajstić information content (AvgIpc) is 3.10. The van der Waals surface area contributed by atoms with Crippen molar-refractivity contribution in [3.63, 3.8) is 0 Å². The van der Waals surface area contributed by atoms with Crippen LogP contribution in [0.1, 0.15) is 22.3 Å². The smallest absolute Gasteiger partial charge is 0.419 e. The second-order valence-electron chi connectivity index (χ2n) is 7.44. The molecule has 0 fully saturated rings. The summed E-state index contributed by atoms with van der Waals surface area (Å²) < 4.78 is 44.8. The Balaban J connectivity index is 1.57. The number of ether oxygens (including phenoxy) is 1. The molecule has 5 nitrogen and oxygen atoms in total. The summed E-state index contributed by atoms with van der Waals surface area (Å²) in [4.78, 5) is 16.5. The highest BCUT2D eigenvalue weighted by Gasteiger charge is 2.38. The largest absolute Gasteiger partial charge is 0.496 e. The van der Waals surface area contributed by atoms with E-state index in [0.717, 1.165) is 25.6 Å². The van der Waals surface area contributed by atoms with Crippen molar-refractivity contribution in [2.45, 2.75) is 25.6 Å². The Kier molecular flexibility index (Phi) is 4.90. The lowest BCUT2D eigenvalue weighted by Gasteiger charge is -2.26. The molecular weight excluding hydrogens is 383 g/mol. The number of nitrogens with zero attached hydrogens (tertiary/aromatic N) is 2. The first-order valence-corrected chi connectivity index (χ1v) is 9.44. The van der Waals surface area contributed by atoms with E-state index in [-0.39, 0.29) is 11.8 Å². The second-order valence-corrected chi connectivity index (χ2v) is 7.44. The molecule has 2 amide bonds. The van der Waals surface area contributed by atoms with Crippen LogP contribution in [0.3, 0.4) is 0 Å². The van der Waals surface area contributed by atoms with Gasteiger partial charge in [0.1, 0.15) is 5.75 Å². The Labute approximate surface area is 167 Å². The monoisotopic (exact) mass is 405 g/mol. The quantitative estimate of drug-likeness (QED) is 0.811. The van der Waals surface area contributed by atoms with Crippen molar-refractivity contribution in [3.8, 4) is 5.75 Å². The summed E-state index contributed by atoms with van der Waals surface area (Å²) in [5, 5.41) is 2.88. The number of anilines is 2. The van der Waals surface area contributed by atoms with Crippen LogP contribution < -0.4 is 15.0 Å². The highest BCUT2D eigenvalue weighted by atomic mass is 19.4. The zero-order chi connectivity index (χ0) is 20.8. The number of rotatable bonds is 2. The molecule has 0 aromatic heterocycles. The van der Waals surface area contributed by atoms with Crippen LogP contribution in [0.4, 0.5) is 29.3 Å². The van der Waals surface area contributed by atoms with E-state index >= 15 is 0 Å². The predicted molar refractivity (Wildman–Crippen MR) is 105 cm³/mol. The van der Waals surface area contributed by atoms with Crippen molar-refractivity contribution in [2.75, 3.05) is 37.5 Å². The molecular formula is C21H22F3N3O2. The molecule has 0 saturated heterocycles.